The topological polar surface area (TPSA) is 55.4 Å². The lowest BCUT2D eigenvalue weighted by atomic mass is 10.2. The number of aldehydes is 1. The van der Waals surface area contributed by atoms with Gasteiger partial charge >= 0.3 is 6.09 Å². The van der Waals surface area contributed by atoms with E-state index in [2.05, 4.69) is 0 Å². The van der Waals surface area contributed by atoms with Gasteiger partial charge in [-0.25, -0.2) is 13.6 Å². The number of alkyl halides is 2. The number of aryl methyl sites for hydroxylation is 1. The number of thioether (sulfide) groups is 1. The van der Waals surface area contributed by atoms with Crippen molar-refractivity contribution in [3.63, 3.8) is 0 Å². The van der Waals surface area contributed by atoms with Crippen LogP contribution in [0.4, 0.5) is 13.6 Å². The molecule has 0 spiro atoms. The Morgan fingerprint density at radius 3 is 2.40 bits per heavy atom. The van der Waals surface area contributed by atoms with E-state index in [1.807, 2.05) is 12.2 Å². The summed E-state index contributed by atoms with van der Waals surface area (Å²) in [7, 11) is 0. The molecule has 0 unspecified atom stereocenters. The fourth-order valence-corrected chi connectivity index (χ4v) is 2.88. The normalized spacial score (nSPS) is 13.1. The summed E-state index contributed by atoms with van der Waals surface area (Å²) in [4.78, 5) is 21.3. The number of hydrogen-bond donors (Lipinski definition) is 1. The molecule has 2 aromatic carbocycles. The standard InChI is InChI=1S/C18H17F2NO3S/c1-13-7-9-15(10-8-13)25-18(12-22,16(19)20)21-17(23)24-11-14-5-3-2-4-6-14/h2-10,12,16H,11H2,1H3,(H,21,23)/t18-/m1/s1. The first-order valence-corrected chi connectivity index (χ1v) is 8.26. The average molecular weight is 365 g/mol. The Morgan fingerprint density at radius 1 is 1.20 bits per heavy atom. The summed E-state index contributed by atoms with van der Waals surface area (Å²) in [6.45, 7) is 1.77. The van der Waals surface area contributed by atoms with Crippen LogP contribution in [0.2, 0.25) is 0 Å². The lowest BCUT2D eigenvalue weighted by Crippen LogP contribution is -2.52. The Kier molecular flexibility index (Phi) is 6.52. The van der Waals surface area contributed by atoms with Crippen LogP contribution in [-0.2, 0) is 16.1 Å². The third-order valence-electron chi connectivity index (χ3n) is 3.32. The number of benzene rings is 2. The SMILES string of the molecule is Cc1ccc(S[C@@](C=O)(NC(=O)OCc2ccccc2)C(F)F)cc1. The molecule has 7 heteroatoms. The Hall–Kier alpha value is -2.41. The van der Waals surface area contributed by atoms with Crippen molar-refractivity contribution >= 4 is 24.1 Å². The largest absolute Gasteiger partial charge is 0.445 e. The maximum absolute atomic E-state index is 13.5. The molecule has 1 N–H and O–H groups in total. The lowest BCUT2D eigenvalue weighted by Gasteiger charge is -2.27. The highest BCUT2D eigenvalue weighted by Crippen LogP contribution is 2.34. The highest BCUT2D eigenvalue weighted by atomic mass is 32.2. The highest BCUT2D eigenvalue weighted by molar-refractivity contribution is 8.01. The van der Waals surface area contributed by atoms with Gasteiger partial charge in [-0.3, -0.25) is 10.1 Å². The predicted octanol–water partition coefficient (Wildman–Crippen LogP) is 4.17. The number of carbonyl (C=O) groups is 2. The number of ether oxygens (including phenoxy) is 1. The Bertz CT molecular complexity index is 710. The van der Waals surface area contributed by atoms with Crippen LogP contribution in [0.5, 0.6) is 0 Å². The minimum atomic E-state index is -3.11. The first kappa shape index (κ1) is 18.9. The van der Waals surface area contributed by atoms with Gasteiger partial charge in [0.15, 0.2) is 6.29 Å². The van der Waals surface area contributed by atoms with Crippen LogP contribution < -0.4 is 5.32 Å². The third-order valence-corrected chi connectivity index (χ3v) is 4.54. The maximum atomic E-state index is 13.5. The second-order valence-corrected chi connectivity index (χ2v) is 6.66. The van der Waals surface area contributed by atoms with Gasteiger partial charge in [-0.15, -0.1) is 0 Å². The molecular weight excluding hydrogens is 348 g/mol. The number of halogens is 2. The molecule has 2 rings (SSSR count). The van der Waals surface area contributed by atoms with E-state index >= 15 is 0 Å². The Morgan fingerprint density at radius 2 is 1.84 bits per heavy atom. The summed E-state index contributed by atoms with van der Waals surface area (Å²) in [5, 5.41) is 2.00. The van der Waals surface area contributed by atoms with Crippen LogP contribution >= 0.6 is 11.8 Å². The van der Waals surface area contributed by atoms with Crippen molar-refractivity contribution in [2.45, 2.75) is 29.7 Å². The van der Waals surface area contributed by atoms with Gasteiger partial charge in [0.05, 0.1) is 0 Å². The molecule has 4 nitrogen and oxygen atoms in total. The quantitative estimate of drug-likeness (QED) is 0.454. The van der Waals surface area contributed by atoms with Crippen molar-refractivity contribution < 1.29 is 23.1 Å². The molecule has 0 aromatic heterocycles. The van der Waals surface area contributed by atoms with Crippen LogP contribution in [0.1, 0.15) is 11.1 Å². The number of amides is 1. The summed E-state index contributed by atoms with van der Waals surface area (Å²) in [5.74, 6) is 0. The fourth-order valence-electron chi connectivity index (χ4n) is 1.95. The molecule has 0 bridgehead atoms. The Balaban J connectivity index is 2.06. The first-order valence-electron chi connectivity index (χ1n) is 7.44. The van der Waals surface area contributed by atoms with E-state index in [9.17, 15) is 18.4 Å². The number of hydrogen-bond acceptors (Lipinski definition) is 4. The first-order chi connectivity index (χ1) is 11.9. The van der Waals surface area contributed by atoms with E-state index in [1.165, 1.54) is 0 Å². The lowest BCUT2D eigenvalue weighted by molar-refractivity contribution is -0.114. The second kappa shape index (κ2) is 8.62. The number of rotatable bonds is 7. The van der Waals surface area contributed by atoms with Crippen molar-refractivity contribution in [1.29, 1.82) is 0 Å². The number of carbonyl (C=O) groups excluding carboxylic acids is 2. The molecule has 0 aliphatic carbocycles. The van der Waals surface area contributed by atoms with Crippen LogP contribution in [0, 0.1) is 6.92 Å². The van der Waals surface area contributed by atoms with Gasteiger partial charge < -0.3 is 4.74 Å². The Labute approximate surface area is 148 Å². The van der Waals surface area contributed by atoms with Crippen molar-refractivity contribution in [2.75, 3.05) is 0 Å². The zero-order valence-corrected chi connectivity index (χ0v) is 14.3. The smallest absolute Gasteiger partial charge is 0.409 e. The van der Waals surface area contributed by atoms with Gasteiger partial charge in [-0.1, -0.05) is 59.8 Å². The van der Waals surface area contributed by atoms with Gasteiger partial charge in [0, 0.05) is 4.90 Å². The van der Waals surface area contributed by atoms with Gasteiger partial charge in [0.25, 0.3) is 6.43 Å². The second-order valence-electron chi connectivity index (χ2n) is 5.31. The molecule has 0 fully saturated rings. The maximum Gasteiger partial charge on any atom is 0.409 e. The fraction of sp³-hybridized carbons (Fsp3) is 0.222. The van der Waals surface area contributed by atoms with Crippen molar-refractivity contribution in [3.05, 3.63) is 65.7 Å². The molecule has 25 heavy (non-hydrogen) atoms. The van der Waals surface area contributed by atoms with Crippen LogP contribution in [0.3, 0.4) is 0 Å². The monoisotopic (exact) mass is 365 g/mol. The van der Waals surface area contributed by atoms with Crippen LogP contribution in [-0.4, -0.2) is 23.7 Å². The van der Waals surface area contributed by atoms with Crippen molar-refractivity contribution in [1.82, 2.24) is 5.32 Å². The molecule has 0 heterocycles. The van der Waals surface area contributed by atoms with Crippen LogP contribution in [0.15, 0.2) is 59.5 Å². The minimum absolute atomic E-state index is 0.0337. The van der Waals surface area contributed by atoms with E-state index in [4.69, 9.17) is 4.74 Å². The van der Waals surface area contributed by atoms with E-state index in [0.29, 0.717) is 22.2 Å². The molecule has 0 saturated carbocycles. The van der Waals surface area contributed by atoms with Gasteiger partial charge in [0.1, 0.15) is 6.61 Å². The van der Waals surface area contributed by atoms with Gasteiger partial charge in [0.2, 0.25) is 4.87 Å². The minimum Gasteiger partial charge on any atom is -0.445 e. The number of nitrogens with one attached hydrogen (secondary N) is 1. The third kappa shape index (κ3) is 5.29. The zero-order chi connectivity index (χ0) is 18.3. The van der Waals surface area contributed by atoms with E-state index < -0.39 is 17.4 Å². The molecule has 2 aromatic rings. The van der Waals surface area contributed by atoms with E-state index in [0.717, 1.165) is 5.56 Å². The molecular formula is C18H17F2NO3S. The van der Waals surface area contributed by atoms with E-state index in [-0.39, 0.29) is 12.9 Å². The summed E-state index contributed by atoms with van der Waals surface area (Å²) in [5.41, 5.74) is 1.66. The zero-order valence-electron chi connectivity index (χ0n) is 13.4. The van der Waals surface area contributed by atoms with Crippen molar-refractivity contribution in [2.24, 2.45) is 0 Å². The summed E-state index contributed by atoms with van der Waals surface area (Å²) < 4.78 is 32.0. The molecule has 132 valence electrons. The molecule has 0 aliphatic heterocycles. The van der Waals surface area contributed by atoms with Crippen molar-refractivity contribution in [3.8, 4) is 0 Å². The van der Waals surface area contributed by atoms with E-state index in [1.54, 1.807) is 54.6 Å². The summed E-state index contributed by atoms with van der Waals surface area (Å²) >= 11 is 0.573. The highest BCUT2D eigenvalue weighted by Gasteiger charge is 2.43. The average Bonchev–Trinajstić information content (AvgIpc) is 2.62. The molecule has 1 amide bonds. The number of alkyl carbamates (subject to hydrolysis) is 1. The summed E-state index contributed by atoms with van der Waals surface area (Å²) in [6, 6.07) is 15.5. The molecule has 0 saturated heterocycles. The predicted molar refractivity (Wildman–Crippen MR) is 91.6 cm³/mol. The van der Waals surface area contributed by atoms with Crippen LogP contribution in [0.25, 0.3) is 0 Å². The molecule has 0 radical (unpaired) electrons. The summed E-state index contributed by atoms with van der Waals surface area (Å²) in [6.07, 6.45) is -4.16. The molecule has 0 aliphatic rings. The molecule has 1 atom stereocenters. The van der Waals surface area contributed by atoms with Gasteiger partial charge in [-0.05, 0) is 24.6 Å². The van der Waals surface area contributed by atoms with Gasteiger partial charge in [-0.2, -0.15) is 0 Å².